The predicted molar refractivity (Wildman–Crippen MR) is 97.8 cm³/mol. The van der Waals surface area contributed by atoms with Crippen molar-refractivity contribution < 1.29 is 20.1 Å². The zero-order chi connectivity index (χ0) is 18.9. The number of carbonyl (C=O) groups is 1. The monoisotopic (exact) mass is 356 g/mol. The molecule has 140 valence electrons. The van der Waals surface area contributed by atoms with Crippen LogP contribution in [0.2, 0.25) is 0 Å². The average molecular weight is 356 g/mol. The minimum Gasteiger partial charge on any atom is -0.392 e. The number of fused-ring (bicyclic) bond motifs is 5. The van der Waals surface area contributed by atoms with Crippen molar-refractivity contribution >= 4 is 5.78 Å². The second-order valence-corrected chi connectivity index (χ2v) is 9.20. The van der Waals surface area contributed by atoms with Gasteiger partial charge < -0.3 is 15.3 Å². The molecule has 0 heterocycles. The third-order valence-electron chi connectivity index (χ3n) is 8.32. The summed E-state index contributed by atoms with van der Waals surface area (Å²) >= 11 is 0. The lowest BCUT2D eigenvalue weighted by Gasteiger charge is -2.58. The van der Waals surface area contributed by atoms with Gasteiger partial charge in [0.1, 0.15) is 5.60 Å². The Hall–Kier alpha value is -1.41. The van der Waals surface area contributed by atoms with Crippen molar-refractivity contribution in [3.63, 3.8) is 0 Å². The largest absolute Gasteiger partial charge is 0.392 e. The Morgan fingerprint density at radius 2 is 1.96 bits per heavy atom. The van der Waals surface area contributed by atoms with Crippen LogP contribution in [-0.2, 0) is 4.79 Å². The zero-order valence-corrected chi connectivity index (χ0v) is 15.5. The normalized spacial score (nSPS) is 50.1. The SMILES string of the molecule is C#C[C@@]1(O)CC[C@H]2[C@@H]3CC(O)C4=CC(=O)C(CO)=C[C@]4(C)[C@H]3CC[C@@]21C. The van der Waals surface area contributed by atoms with Crippen LogP contribution >= 0.6 is 0 Å². The van der Waals surface area contributed by atoms with E-state index >= 15 is 0 Å². The van der Waals surface area contributed by atoms with Gasteiger partial charge in [0.25, 0.3) is 0 Å². The first kappa shape index (κ1) is 18.0. The zero-order valence-electron chi connectivity index (χ0n) is 15.5. The standard InChI is InChI=1S/C22H28O4/c1-4-22(26)8-6-16-14-9-19(25)17-10-18(24)13(12-23)11-20(17,2)15(14)5-7-21(16,22)3/h1,10-11,14-16,19,23,25-26H,5-9,12H2,2-3H3/t14-,15+,16+,19?,20-,21+,22-/m1/s1. The fraction of sp³-hybridized carbons (Fsp3) is 0.682. The van der Waals surface area contributed by atoms with Gasteiger partial charge in [-0.25, -0.2) is 0 Å². The highest BCUT2D eigenvalue weighted by Crippen LogP contribution is 2.66. The van der Waals surface area contributed by atoms with Gasteiger partial charge in [0.05, 0.1) is 12.7 Å². The van der Waals surface area contributed by atoms with E-state index in [9.17, 15) is 20.1 Å². The van der Waals surface area contributed by atoms with Crippen LogP contribution in [0.5, 0.6) is 0 Å². The summed E-state index contributed by atoms with van der Waals surface area (Å²) in [4.78, 5) is 12.2. The first-order valence-electron chi connectivity index (χ1n) is 9.67. The smallest absolute Gasteiger partial charge is 0.183 e. The van der Waals surface area contributed by atoms with Gasteiger partial charge in [-0.1, -0.05) is 25.8 Å². The van der Waals surface area contributed by atoms with E-state index in [1.54, 1.807) is 6.08 Å². The fourth-order valence-electron chi connectivity index (χ4n) is 6.80. The topological polar surface area (TPSA) is 77.8 Å². The number of terminal acetylenes is 1. The molecular formula is C22H28O4. The van der Waals surface area contributed by atoms with E-state index in [1.165, 1.54) is 0 Å². The number of hydrogen-bond acceptors (Lipinski definition) is 4. The number of hydrogen-bond donors (Lipinski definition) is 3. The molecule has 4 nitrogen and oxygen atoms in total. The first-order chi connectivity index (χ1) is 12.2. The van der Waals surface area contributed by atoms with Crippen LogP contribution in [0.15, 0.2) is 23.3 Å². The van der Waals surface area contributed by atoms with Gasteiger partial charge in [0, 0.05) is 16.4 Å². The summed E-state index contributed by atoms with van der Waals surface area (Å²) in [6, 6.07) is 0. The van der Waals surface area contributed by atoms with Crippen molar-refractivity contribution in [1.82, 2.24) is 0 Å². The summed E-state index contributed by atoms with van der Waals surface area (Å²) in [6.07, 6.45) is 12.3. The molecule has 4 aliphatic rings. The highest BCUT2D eigenvalue weighted by molar-refractivity contribution is 6.06. The van der Waals surface area contributed by atoms with Gasteiger partial charge in [0.2, 0.25) is 0 Å². The van der Waals surface area contributed by atoms with E-state index in [0.717, 1.165) is 24.8 Å². The van der Waals surface area contributed by atoms with Crippen LogP contribution in [0.4, 0.5) is 0 Å². The molecule has 0 aliphatic heterocycles. The second kappa shape index (κ2) is 5.55. The maximum atomic E-state index is 12.2. The lowest BCUT2D eigenvalue weighted by atomic mass is 9.46. The van der Waals surface area contributed by atoms with E-state index < -0.39 is 17.1 Å². The maximum absolute atomic E-state index is 12.2. The Morgan fingerprint density at radius 3 is 2.62 bits per heavy atom. The quantitative estimate of drug-likeness (QED) is 0.628. The minimum atomic E-state index is -1.07. The number of carbonyl (C=O) groups excluding carboxylic acids is 1. The Bertz CT molecular complexity index is 759. The Kier molecular flexibility index (Phi) is 3.83. The van der Waals surface area contributed by atoms with E-state index in [0.29, 0.717) is 18.4 Å². The van der Waals surface area contributed by atoms with Gasteiger partial charge in [-0.2, -0.15) is 0 Å². The maximum Gasteiger partial charge on any atom is 0.183 e. The molecule has 0 spiro atoms. The summed E-state index contributed by atoms with van der Waals surface area (Å²) < 4.78 is 0. The summed E-state index contributed by atoms with van der Waals surface area (Å²) in [5, 5.41) is 31.5. The van der Waals surface area contributed by atoms with Gasteiger partial charge in [-0.05, 0) is 61.5 Å². The molecule has 4 rings (SSSR count). The van der Waals surface area contributed by atoms with E-state index in [4.69, 9.17) is 6.42 Å². The summed E-state index contributed by atoms with van der Waals surface area (Å²) in [5.74, 6) is 3.27. The van der Waals surface area contributed by atoms with Crippen LogP contribution in [0, 0.1) is 40.9 Å². The van der Waals surface area contributed by atoms with Crippen molar-refractivity contribution in [2.45, 2.75) is 57.7 Å². The lowest BCUT2D eigenvalue weighted by Crippen LogP contribution is -2.56. The first-order valence-corrected chi connectivity index (χ1v) is 9.67. The summed E-state index contributed by atoms with van der Waals surface area (Å²) in [6.45, 7) is 3.93. The molecule has 0 bridgehead atoms. The molecule has 0 saturated heterocycles. The third-order valence-corrected chi connectivity index (χ3v) is 8.32. The highest BCUT2D eigenvalue weighted by Gasteiger charge is 2.64. The third kappa shape index (κ3) is 2.05. The number of aliphatic hydroxyl groups excluding tert-OH is 2. The van der Waals surface area contributed by atoms with E-state index in [1.807, 2.05) is 6.08 Å². The van der Waals surface area contributed by atoms with Crippen LogP contribution in [-0.4, -0.2) is 39.4 Å². The van der Waals surface area contributed by atoms with Crippen LogP contribution in [0.1, 0.15) is 46.0 Å². The predicted octanol–water partition coefficient (Wildman–Crippen LogP) is 1.99. The molecule has 0 aromatic carbocycles. The van der Waals surface area contributed by atoms with E-state index in [-0.39, 0.29) is 35.6 Å². The molecule has 4 aliphatic carbocycles. The molecule has 0 radical (unpaired) electrons. The highest BCUT2D eigenvalue weighted by atomic mass is 16.3. The van der Waals surface area contributed by atoms with Crippen molar-refractivity contribution in [2.75, 3.05) is 6.61 Å². The van der Waals surface area contributed by atoms with Gasteiger partial charge >= 0.3 is 0 Å². The molecule has 3 fully saturated rings. The minimum absolute atomic E-state index is 0.194. The molecule has 1 unspecified atom stereocenters. The van der Waals surface area contributed by atoms with Crippen LogP contribution in [0.25, 0.3) is 0 Å². The van der Waals surface area contributed by atoms with Crippen molar-refractivity contribution in [3.05, 3.63) is 23.3 Å². The number of allylic oxidation sites excluding steroid dienone is 2. The molecule has 0 aromatic heterocycles. The van der Waals surface area contributed by atoms with Crippen LogP contribution in [0.3, 0.4) is 0 Å². The number of rotatable bonds is 1. The van der Waals surface area contributed by atoms with Crippen LogP contribution < -0.4 is 0 Å². The Balaban J connectivity index is 1.77. The Morgan fingerprint density at radius 1 is 1.27 bits per heavy atom. The summed E-state index contributed by atoms with van der Waals surface area (Å²) in [7, 11) is 0. The van der Waals surface area contributed by atoms with Crippen molar-refractivity contribution in [3.8, 4) is 12.3 Å². The summed E-state index contributed by atoms with van der Waals surface area (Å²) in [5.41, 5.74) is -0.612. The molecule has 7 atom stereocenters. The van der Waals surface area contributed by atoms with Crippen molar-refractivity contribution in [1.29, 1.82) is 0 Å². The second-order valence-electron chi connectivity index (χ2n) is 9.20. The van der Waals surface area contributed by atoms with Gasteiger partial charge in [-0.15, -0.1) is 6.42 Å². The molecule has 3 N–H and O–H groups in total. The average Bonchev–Trinajstić information content (AvgIpc) is 2.88. The van der Waals surface area contributed by atoms with Gasteiger partial charge in [-0.3, -0.25) is 4.79 Å². The molecule has 4 heteroatoms. The lowest BCUT2D eigenvalue weighted by molar-refractivity contribution is -0.114. The molecular weight excluding hydrogens is 328 g/mol. The molecule has 0 aromatic rings. The van der Waals surface area contributed by atoms with Gasteiger partial charge in [0.15, 0.2) is 5.78 Å². The van der Waals surface area contributed by atoms with Crippen molar-refractivity contribution in [2.24, 2.45) is 28.6 Å². The molecule has 3 saturated carbocycles. The number of ketones is 1. The molecule has 0 amide bonds. The van der Waals surface area contributed by atoms with E-state index in [2.05, 4.69) is 19.8 Å². The Labute approximate surface area is 155 Å². The molecule has 26 heavy (non-hydrogen) atoms. The fourth-order valence-corrected chi connectivity index (χ4v) is 6.80. The number of aliphatic hydroxyl groups is 3.